The second-order valence-electron chi connectivity index (χ2n) is 6.48. The molecule has 1 aliphatic carbocycles. The van der Waals surface area contributed by atoms with Gasteiger partial charge in [0, 0.05) is 29.8 Å². The third kappa shape index (κ3) is 2.48. The van der Waals surface area contributed by atoms with Gasteiger partial charge in [-0.05, 0) is 42.2 Å². The molecule has 1 heterocycles. The van der Waals surface area contributed by atoms with Crippen molar-refractivity contribution in [2.75, 3.05) is 10.6 Å². The molecule has 0 fully saturated rings. The van der Waals surface area contributed by atoms with E-state index in [2.05, 4.69) is 22.8 Å². The molecule has 1 amide bonds. The first-order valence-corrected chi connectivity index (χ1v) is 8.22. The summed E-state index contributed by atoms with van der Waals surface area (Å²) in [5.41, 5.74) is 3.68. The van der Waals surface area contributed by atoms with E-state index in [1.54, 1.807) is 6.07 Å². The molecular weight excluding hydrogens is 303 g/mol. The van der Waals surface area contributed by atoms with Crippen LogP contribution in [0.4, 0.5) is 15.8 Å². The van der Waals surface area contributed by atoms with Crippen molar-refractivity contribution in [1.82, 2.24) is 0 Å². The SMILES string of the molecule is CC(=O)Nc1ccc2c(c1)C1C=CCC1C(c1ccccc1F)N2. The Morgan fingerprint density at radius 1 is 1.21 bits per heavy atom. The van der Waals surface area contributed by atoms with Crippen LogP contribution >= 0.6 is 0 Å². The predicted molar refractivity (Wildman–Crippen MR) is 93.5 cm³/mol. The predicted octanol–water partition coefficient (Wildman–Crippen LogP) is 4.61. The molecule has 3 nitrogen and oxygen atoms in total. The summed E-state index contributed by atoms with van der Waals surface area (Å²) in [4.78, 5) is 11.3. The van der Waals surface area contributed by atoms with Crippen LogP contribution in [0.3, 0.4) is 0 Å². The van der Waals surface area contributed by atoms with Crippen molar-refractivity contribution in [2.45, 2.75) is 25.3 Å². The monoisotopic (exact) mass is 322 g/mol. The number of fused-ring (bicyclic) bond motifs is 3. The normalized spacial score (nSPS) is 24.0. The summed E-state index contributed by atoms with van der Waals surface area (Å²) in [5, 5.41) is 6.35. The van der Waals surface area contributed by atoms with Crippen molar-refractivity contribution in [3.05, 3.63) is 71.6 Å². The molecule has 2 N–H and O–H groups in total. The highest BCUT2D eigenvalue weighted by Gasteiger charge is 2.38. The molecule has 122 valence electrons. The first kappa shape index (κ1) is 14.9. The lowest BCUT2D eigenvalue weighted by molar-refractivity contribution is -0.114. The van der Waals surface area contributed by atoms with Crippen LogP contribution in [0.15, 0.2) is 54.6 Å². The summed E-state index contributed by atoms with van der Waals surface area (Å²) >= 11 is 0. The Labute approximate surface area is 140 Å². The van der Waals surface area contributed by atoms with Crippen LogP contribution in [-0.2, 0) is 4.79 Å². The number of halogens is 1. The molecule has 2 aromatic rings. The van der Waals surface area contributed by atoms with Gasteiger partial charge in [-0.2, -0.15) is 0 Å². The molecule has 0 saturated heterocycles. The van der Waals surface area contributed by atoms with Crippen molar-refractivity contribution < 1.29 is 9.18 Å². The third-order valence-electron chi connectivity index (χ3n) is 4.92. The maximum absolute atomic E-state index is 14.3. The van der Waals surface area contributed by atoms with Gasteiger partial charge in [0.2, 0.25) is 5.91 Å². The van der Waals surface area contributed by atoms with E-state index in [4.69, 9.17) is 0 Å². The van der Waals surface area contributed by atoms with E-state index in [1.165, 1.54) is 13.0 Å². The molecule has 0 spiro atoms. The Morgan fingerprint density at radius 2 is 2.04 bits per heavy atom. The van der Waals surface area contributed by atoms with Crippen molar-refractivity contribution in [3.8, 4) is 0 Å². The molecule has 0 radical (unpaired) electrons. The molecule has 2 aromatic carbocycles. The van der Waals surface area contributed by atoms with Gasteiger partial charge >= 0.3 is 0 Å². The summed E-state index contributed by atoms with van der Waals surface area (Å²) in [6.07, 6.45) is 5.29. The minimum absolute atomic E-state index is 0.0506. The van der Waals surface area contributed by atoms with Gasteiger partial charge in [-0.15, -0.1) is 0 Å². The lowest BCUT2D eigenvalue weighted by Crippen LogP contribution is -2.29. The second-order valence-corrected chi connectivity index (χ2v) is 6.48. The van der Waals surface area contributed by atoms with Gasteiger partial charge in [0.25, 0.3) is 0 Å². The first-order chi connectivity index (χ1) is 11.6. The molecule has 4 heteroatoms. The maximum atomic E-state index is 14.3. The van der Waals surface area contributed by atoms with Gasteiger partial charge in [0.05, 0.1) is 6.04 Å². The molecule has 0 saturated carbocycles. The van der Waals surface area contributed by atoms with Gasteiger partial charge in [-0.3, -0.25) is 4.79 Å². The summed E-state index contributed by atoms with van der Waals surface area (Å²) in [6, 6.07) is 12.8. The van der Waals surface area contributed by atoms with E-state index in [0.29, 0.717) is 5.56 Å². The van der Waals surface area contributed by atoms with E-state index in [1.807, 2.05) is 30.3 Å². The first-order valence-electron chi connectivity index (χ1n) is 8.22. The molecule has 0 bridgehead atoms. The average Bonchev–Trinajstić information content (AvgIpc) is 3.04. The standard InChI is InChI=1S/C20H19FN2O/c1-12(24)22-13-9-10-19-17(11-13)14-6-4-7-15(14)20(23-19)16-5-2-3-8-18(16)21/h2-6,8-11,14-15,20,23H,7H2,1H3,(H,22,24). The highest BCUT2D eigenvalue weighted by molar-refractivity contribution is 5.89. The van der Waals surface area contributed by atoms with Crippen molar-refractivity contribution in [3.63, 3.8) is 0 Å². The highest BCUT2D eigenvalue weighted by Crippen LogP contribution is 2.50. The number of anilines is 2. The topological polar surface area (TPSA) is 41.1 Å². The molecule has 2 aliphatic rings. The largest absolute Gasteiger partial charge is 0.378 e. The smallest absolute Gasteiger partial charge is 0.221 e. The molecule has 3 atom stereocenters. The Morgan fingerprint density at radius 3 is 2.83 bits per heavy atom. The summed E-state index contributed by atoms with van der Waals surface area (Å²) < 4.78 is 14.3. The highest BCUT2D eigenvalue weighted by atomic mass is 19.1. The number of nitrogens with one attached hydrogen (secondary N) is 2. The van der Waals surface area contributed by atoms with E-state index in [-0.39, 0.29) is 29.6 Å². The Kier molecular flexibility index (Phi) is 3.60. The minimum atomic E-state index is -0.168. The zero-order chi connectivity index (χ0) is 16.7. The third-order valence-corrected chi connectivity index (χ3v) is 4.92. The average molecular weight is 322 g/mol. The van der Waals surface area contributed by atoms with Crippen LogP contribution in [0.5, 0.6) is 0 Å². The van der Waals surface area contributed by atoms with Crippen LogP contribution in [0.1, 0.15) is 36.4 Å². The fourth-order valence-corrected chi connectivity index (χ4v) is 3.91. The van der Waals surface area contributed by atoms with Crippen LogP contribution in [0.2, 0.25) is 0 Å². The van der Waals surface area contributed by atoms with Gasteiger partial charge in [-0.1, -0.05) is 30.4 Å². The summed E-state index contributed by atoms with van der Waals surface area (Å²) in [5.74, 6) is 0.266. The molecular formula is C20H19FN2O. The van der Waals surface area contributed by atoms with E-state index in [9.17, 15) is 9.18 Å². The number of rotatable bonds is 2. The van der Waals surface area contributed by atoms with E-state index >= 15 is 0 Å². The number of carbonyl (C=O) groups excluding carboxylic acids is 1. The molecule has 24 heavy (non-hydrogen) atoms. The number of amides is 1. The molecule has 3 unspecified atom stereocenters. The lowest BCUT2D eigenvalue weighted by Gasteiger charge is -2.37. The fraction of sp³-hybridized carbons (Fsp3) is 0.250. The summed E-state index contributed by atoms with van der Waals surface area (Å²) in [7, 11) is 0. The molecule has 1 aliphatic heterocycles. The van der Waals surface area contributed by atoms with Gasteiger partial charge in [0.15, 0.2) is 0 Å². The number of benzene rings is 2. The van der Waals surface area contributed by atoms with Crippen LogP contribution in [0, 0.1) is 11.7 Å². The van der Waals surface area contributed by atoms with Gasteiger partial charge in [0.1, 0.15) is 5.82 Å². The molecule has 0 aromatic heterocycles. The Balaban J connectivity index is 1.75. The zero-order valence-electron chi connectivity index (χ0n) is 13.4. The summed E-state index contributed by atoms with van der Waals surface area (Å²) in [6.45, 7) is 1.50. The van der Waals surface area contributed by atoms with Crippen LogP contribution < -0.4 is 10.6 Å². The van der Waals surface area contributed by atoms with Gasteiger partial charge < -0.3 is 10.6 Å². The van der Waals surface area contributed by atoms with Crippen LogP contribution in [0.25, 0.3) is 0 Å². The maximum Gasteiger partial charge on any atom is 0.221 e. The minimum Gasteiger partial charge on any atom is -0.378 e. The number of hydrogen-bond donors (Lipinski definition) is 2. The number of carbonyl (C=O) groups is 1. The van der Waals surface area contributed by atoms with Crippen molar-refractivity contribution in [2.24, 2.45) is 5.92 Å². The Bertz CT molecular complexity index is 830. The quantitative estimate of drug-likeness (QED) is 0.793. The zero-order valence-corrected chi connectivity index (χ0v) is 13.4. The molecule has 4 rings (SSSR count). The van der Waals surface area contributed by atoms with Crippen molar-refractivity contribution in [1.29, 1.82) is 0 Å². The van der Waals surface area contributed by atoms with Crippen molar-refractivity contribution >= 4 is 17.3 Å². The second kappa shape index (κ2) is 5.78. The Hall–Kier alpha value is -2.62. The lowest BCUT2D eigenvalue weighted by atomic mass is 9.77. The van der Waals surface area contributed by atoms with Crippen LogP contribution in [-0.4, -0.2) is 5.91 Å². The number of hydrogen-bond acceptors (Lipinski definition) is 2. The fourth-order valence-electron chi connectivity index (χ4n) is 3.91. The van der Waals surface area contributed by atoms with E-state index < -0.39 is 0 Å². The van der Waals surface area contributed by atoms with E-state index in [0.717, 1.165) is 23.4 Å². The van der Waals surface area contributed by atoms with Gasteiger partial charge in [-0.25, -0.2) is 4.39 Å². The number of allylic oxidation sites excluding steroid dienone is 2.